The van der Waals surface area contributed by atoms with E-state index in [9.17, 15) is 26.0 Å². The molecule has 2 rings (SSSR count). The third kappa shape index (κ3) is 7.82. The van der Waals surface area contributed by atoms with Gasteiger partial charge in [0.2, 0.25) is 0 Å². The van der Waals surface area contributed by atoms with Gasteiger partial charge in [0.15, 0.2) is 29.0 Å². The van der Waals surface area contributed by atoms with Gasteiger partial charge in [-0.3, -0.25) is 4.18 Å². The predicted octanol–water partition coefficient (Wildman–Crippen LogP) is 1.68. The quantitative estimate of drug-likeness (QED) is 0.136. The summed E-state index contributed by atoms with van der Waals surface area (Å²) >= 11 is 0. The van der Waals surface area contributed by atoms with Crippen LogP contribution in [0.2, 0.25) is 0 Å². The van der Waals surface area contributed by atoms with Gasteiger partial charge >= 0.3 is 0 Å². The lowest BCUT2D eigenvalue weighted by molar-refractivity contribution is 0.283. The maximum absolute atomic E-state index is 13.6. The minimum atomic E-state index is -3.51. The molecule has 0 bridgehead atoms. The van der Waals surface area contributed by atoms with Crippen LogP contribution in [0.4, 0.5) is 23.5 Å². The molecule has 1 aromatic heterocycles. The van der Waals surface area contributed by atoms with Crippen molar-refractivity contribution < 1.29 is 34.9 Å². The summed E-state index contributed by atoms with van der Waals surface area (Å²) in [5.74, 6) is -6.30. The number of halogens is 4. The van der Waals surface area contributed by atoms with Crippen molar-refractivity contribution >= 4 is 21.9 Å². The fraction of sp³-hybridized carbons (Fsp3) is 0.235. The number of aliphatic imine (C=N–C) groups is 1. The van der Waals surface area contributed by atoms with Gasteiger partial charge in [-0.05, 0) is 6.08 Å². The van der Waals surface area contributed by atoms with Crippen LogP contribution < -0.4 is 15.8 Å². The van der Waals surface area contributed by atoms with E-state index < -0.39 is 45.6 Å². The molecule has 31 heavy (non-hydrogen) atoms. The van der Waals surface area contributed by atoms with Crippen LogP contribution in [0, 0.1) is 23.3 Å². The minimum Gasteiger partial charge on any atom is -0.485 e. The summed E-state index contributed by atoms with van der Waals surface area (Å²) in [4.78, 5) is 11.5. The second kappa shape index (κ2) is 10.7. The highest BCUT2D eigenvalue weighted by Crippen LogP contribution is 2.21. The fourth-order valence-electron chi connectivity index (χ4n) is 1.98. The molecule has 14 heteroatoms. The largest absolute Gasteiger partial charge is 0.485 e. The SMILES string of the molecule is CS(=O)(=O)OCCN/C=C\C(N)=N/c1ncc(OCc2c(F)c(F)cc(F)c2F)cn1. The lowest BCUT2D eigenvalue weighted by Crippen LogP contribution is -2.17. The molecule has 1 heterocycles. The Morgan fingerprint density at radius 2 is 1.81 bits per heavy atom. The first kappa shape index (κ1) is 24.0. The predicted molar refractivity (Wildman–Crippen MR) is 102 cm³/mol. The van der Waals surface area contributed by atoms with E-state index in [1.54, 1.807) is 0 Å². The van der Waals surface area contributed by atoms with Crippen molar-refractivity contribution in [3.8, 4) is 5.75 Å². The van der Waals surface area contributed by atoms with Gasteiger partial charge in [0.05, 0.1) is 30.8 Å². The summed E-state index contributed by atoms with van der Waals surface area (Å²) in [7, 11) is -3.51. The number of nitrogens with zero attached hydrogens (tertiary/aromatic N) is 3. The monoisotopic (exact) mass is 463 g/mol. The minimum absolute atomic E-state index is 0.00424. The maximum Gasteiger partial charge on any atom is 0.264 e. The van der Waals surface area contributed by atoms with E-state index >= 15 is 0 Å². The van der Waals surface area contributed by atoms with Crippen LogP contribution in [-0.4, -0.2) is 43.6 Å². The molecule has 0 spiro atoms. The molecule has 0 atom stereocenters. The van der Waals surface area contributed by atoms with Crippen molar-refractivity contribution in [2.75, 3.05) is 19.4 Å². The number of aromatic nitrogens is 2. The molecule has 168 valence electrons. The van der Waals surface area contributed by atoms with E-state index in [2.05, 4.69) is 24.5 Å². The molecular weight excluding hydrogens is 446 g/mol. The molecule has 1 aromatic carbocycles. The Labute approximate surface area is 174 Å². The Kier molecular flexibility index (Phi) is 8.27. The summed E-state index contributed by atoms with van der Waals surface area (Å²) < 4.78 is 84.7. The fourth-order valence-corrected chi connectivity index (χ4v) is 2.36. The number of amidine groups is 1. The van der Waals surface area contributed by atoms with Gasteiger partial charge in [-0.25, -0.2) is 27.5 Å². The topological polar surface area (TPSA) is 129 Å². The van der Waals surface area contributed by atoms with Crippen molar-refractivity contribution in [2.45, 2.75) is 6.61 Å². The Bertz CT molecular complexity index is 1050. The number of hydrogen-bond donors (Lipinski definition) is 2. The van der Waals surface area contributed by atoms with Crippen molar-refractivity contribution in [3.63, 3.8) is 0 Å². The Morgan fingerprint density at radius 1 is 1.19 bits per heavy atom. The molecule has 2 aromatic rings. The molecule has 0 amide bonds. The smallest absolute Gasteiger partial charge is 0.264 e. The summed E-state index contributed by atoms with van der Waals surface area (Å²) in [5, 5.41) is 2.73. The van der Waals surface area contributed by atoms with Crippen LogP contribution in [0.5, 0.6) is 5.75 Å². The van der Waals surface area contributed by atoms with Gasteiger partial charge in [-0.1, -0.05) is 0 Å². The van der Waals surface area contributed by atoms with Crippen LogP contribution in [-0.2, 0) is 20.9 Å². The third-order valence-corrected chi connectivity index (χ3v) is 3.94. The average molecular weight is 463 g/mol. The van der Waals surface area contributed by atoms with Gasteiger partial charge < -0.3 is 15.8 Å². The van der Waals surface area contributed by atoms with Crippen LogP contribution in [0.1, 0.15) is 5.56 Å². The van der Waals surface area contributed by atoms with Crippen molar-refractivity contribution in [1.29, 1.82) is 0 Å². The highest BCUT2D eigenvalue weighted by atomic mass is 32.2. The normalized spacial score (nSPS) is 12.4. The molecule has 0 saturated carbocycles. The number of rotatable bonds is 10. The van der Waals surface area contributed by atoms with Crippen LogP contribution in [0.15, 0.2) is 35.7 Å². The molecular formula is C17H17F4N5O4S. The molecule has 0 aliphatic heterocycles. The van der Waals surface area contributed by atoms with E-state index in [0.29, 0.717) is 0 Å². The van der Waals surface area contributed by atoms with E-state index in [4.69, 9.17) is 10.5 Å². The molecule has 0 aliphatic carbocycles. The number of ether oxygens (including phenoxy) is 1. The van der Waals surface area contributed by atoms with Crippen molar-refractivity contribution in [1.82, 2.24) is 15.3 Å². The molecule has 3 N–H and O–H groups in total. The molecule has 0 radical (unpaired) electrons. The Morgan fingerprint density at radius 3 is 2.39 bits per heavy atom. The van der Waals surface area contributed by atoms with Gasteiger partial charge in [0, 0.05) is 18.8 Å². The number of nitrogens with two attached hydrogens (primary N) is 1. The first-order chi connectivity index (χ1) is 14.6. The Balaban J connectivity index is 1.90. The zero-order chi connectivity index (χ0) is 23.0. The Hall–Kier alpha value is -3.26. The van der Waals surface area contributed by atoms with Crippen molar-refractivity contribution in [2.24, 2.45) is 10.7 Å². The maximum atomic E-state index is 13.6. The van der Waals surface area contributed by atoms with Gasteiger partial charge in [0.1, 0.15) is 12.4 Å². The number of nitrogens with one attached hydrogen (secondary N) is 1. The highest BCUT2D eigenvalue weighted by Gasteiger charge is 2.19. The van der Waals surface area contributed by atoms with Gasteiger partial charge in [0.25, 0.3) is 16.1 Å². The first-order valence-corrected chi connectivity index (χ1v) is 10.2. The lowest BCUT2D eigenvalue weighted by atomic mass is 10.2. The van der Waals surface area contributed by atoms with E-state index in [1.807, 2.05) is 0 Å². The summed E-state index contributed by atoms with van der Waals surface area (Å²) in [6.45, 7) is -0.658. The molecule has 0 unspecified atom stereocenters. The summed E-state index contributed by atoms with van der Waals surface area (Å²) in [6, 6.07) is 0.0991. The second-order valence-corrected chi connectivity index (χ2v) is 7.45. The zero-order valence-electron chi connectivity index (χ0n) is 16.0. The van der Waals surface area contributed by atoms with E-state index in [-0.39, 0.29) is 36.8 Å². The lowest BCUT2D eigenvalue weighted by Gasteiger charge is -2.08. The molecule has 9 nitrogen and oxygen atoms in total. The summed E-state index contributed by atoms with van der Waals surface area (Å²) in [6.07, 6.45) is 5.94. The molecule has 0 fully saturated rings. The standard InChI is InChI=1S/C17H17F4N5O4S/c1-31(27,28)30-5-4-23-3-2-14(22)26-17-24-7-10(8-25-17)29-9-11-15(20)12(18)6-13(19)16(11)21/h2-3,6-8,23H,4-5,9H2,1H3,(H2,22,24,25,26)/b3-2-. The van der Waals surface area contributed by atoms with Crippen LogP contribution >= 0.6 is 0 Å². The summed E-state index contributed by atoms with van der Waals surface area (Å²) in [5.41, 5.74) is 4.74. The van der Waals surface area contributed by atoms with Gasteiger partial charge in [-0.15, -0.1) is 0 Å². The first-order valence-electron chi connectivity index (χ1n) is 8.42. The average Bonchev–Trinajstić information content (AvgIpc) is 2.69. The molecule has 0 aliphatic rings. The van der Waals surface area contributed by atoms with Crippen LogP contribution in [0.3, 0.4) is 0 Å². The molecule has 0 saturated heterocycles. The second-order valence-electron chi connectivity index (χ2n) is 5.80. The van der Waals surface area contributed by atoms with E-state index in [0.717, 1.165) is 18.6 Å². The third-order valence-electron chi connectivity index (χ3n) is 3.35. The van der Waals surface area contributed by atoms with Gasteiger partial charge in [-0.2, -0.15) is 13.4 Å². The zero-order valence-corrected chi connectivity index (χ0v) is 16.8. The number of benzene rings is 1. The number of hydrogen-bond acceptors (Lipinski definition) is 8. The highest BCUT2D eigenvalue weighted by molar-refractivity contribution is 7.85. The van der Waals surface area contributed by atoms with E-state index in [1.165, 1.54) is 12.3 Å². The van der Waals surface area contributed by atoms with Crippen molar-refractivity contribution in [3.05, 3.63) is 59.6 Å². The van der Waals surface area contributed by atoms with Crippen LogP contribution in [0.25, 0.3) is 0 Å².